The van der Waals surface area contributed by atoms with Gasteiger partial charge in [0.05, 0.1) is 0 Å². The summed E-state index contributed by atoms with van der Waals surface area (Å²) in [6, 6.07) is 0. The Hall–Kier alpha value is -2.17. The predicted molar refractivity (Wildman–Crippen MR) is 147 cm³/mol. The van der Waals surface area contributed by atoms with Gasteiger partial charge in [0.25, 0.3) is 0 Å². The minimum absolute atomic E-state index is 0. The molecule has 0 radical (unpaired) electrons. The van der Waals surface area contributed by atoms with E-state index >= 15 is 0 Å². The minimum atomic E-state index is -0.583. The number of nitrogens with zero attached hydrogens (tertiary/aromatic N) is 5. The third kappa shape index (κ3) is 22.6. The van der Waals surface area contributed by atoms with Crippen LogP contribution in [0.25, 0.3) is 0 Å². The van der Waals surface area contributed by atoms with Crippen LogP contribution < -0.4 is 15.9 Å². The summed E-state index contributed by atoms with van der Waals surface area (Å²) in [5.74, 6) is -2.50. The van der Waals surface area contributed by atoms with E-state index in [1.807, 2.05) is 0 Å². The van der Waals surface area contributed by atoms with E-state index in [0.29, 0.717) is 66.7 Å². The van der Waals surface area contributed by atoms with Crippen LogP contribution in [0.5, 0.6) is 0 Å². The Kier molecular flexibility index (Phi) is 25.8. The molecule has 0 aliphatic rings. The largest absolute Gasteiger partial charge is 3.00 e. The number of carbonyl (C=O) groups excluding carboxylic acids is 3. The first kappa shape index (κ1) is 40.0. The van der Waals surface area contributed by atoms with E-state index < -0.39 is 29.5 Å². The molecular weight excluding hydrogens is 582 g/mol. The van der Waals surface area contributed by atoms with E-state index in [1.165, 1.54) is 6.92 Å². The van der Waals surface area contributed by atoms with Gasteiger partial charge in [-0.3, -0.25) is 24.8 Å². The van der Waals surface area contributed by atoms with Crippen LogP contribution in [-0.2, 0) is 14.4 Å². The van der Waals surface area contributed by atoms with Crippen molar-refractivity contribution in [3.63, 3.8) is 0 Å². The molecule has 15 heteroatoms. The molecule has 4 N–H and O–H groups in total. The Bertz CT molecular complexity index is 772. The van der Waals surface area contributed by atoms with E-state index in [1.54, 1.807) is 0 Å². The standard InChI is InChI=1S/C25H47N6O8.Ga/c1-21(32)29(37)18-9-3-6-16-27-22(33)12-14-25(36)31(39)20-10-4-7-17-28-23(34)11-13-24(35)30(38)19-8-2-5-15-26;/h38-39H,2-20,26H2,1H3,(H,27,33)(H,28,34);/q-1;+3/p-2. The second-order valence-electron chi connectivity index (χ2n) is 9.18. The zero-order valence-electron chi connectivity index (χ0n) is 23.7. The zero-order valence-corrected chi connectivity index (χ0v) is 26.1. The number of hydrogen-bond donors (Lipinski definition) is 3. The van der Waals surface area contributed by atoms with Gasteiger partial charge in [0.2, 0.25) is 17.7 Å². The number of nitrogens with two attached hydrogens (primary N) is 1. The molecule has 3 amide bonds. The fraction of sp³-hybridized carbons (Fsp3) is 0.800. The molecule has 14 nitrogen and oxygen atoms in total. The van der Waals surface area contributed by atoms with E-state index in [0.717, 1.165) is 12.8 Å². The maximum Gasteiger partial charge on any atom is 3.00 e. The number of amides is 3. The first-order valence-electron chi connectivity index (χ1n) is 13.6. The van der Waals surface area contributed by atoms with E-state index in [9.17, 15) is 40.2 Å². The smallest absolute Gasteiger partial charge is 0.862 e. The van der Waals surface area contributed by atoms with Gasteiger partial charge >= 0.3 is 19.8 Å². The average molecular weight is 627 g/mol. The van der Waals surface area contributed by atoms with Gasteiger partial charge in [-0.2, -0.15) is 0 Å². The van der Waals surface area contributed by atoms with Gasteiger partial charge in [-0.15, -0.1) is 0 Å². The third-order valence-corrected chi connectivity index (χ3v) is 5.73. The summed E-state index contributed by atoms with van der Waals surface area (Å²) >= 11 is 0. The third-order valence-electron chi connectivity index (χ3n) is 5.73. The molecule has 0 aromatic heterocycles. The fourth-order valence-electron chi connectivity index (χ4n) is 3.34. The van der Waals surface area contributed by atoms with E-state index in [4.69, 9.17) is 5.73 Å². The van der Waals surface area contributed by atoms with Crippen molar-refractivity contribution in [1.82, 2.24) is 15.2 Å². The van der Waals surface area contributed by atoms with Gasteiger partial charge in [0.1, 0.15) is 0 Å². The van der Waals surface area contributed by atoms with Crippen molar-refractivity contribution < 1.29 is 35.0 Å². The van der Waals surface area contributed by atoms with Crippen molar-refractivity contribution in [1.29, 1.82) is 0 Å². The van der Waals surface area contributed by atoms with Gasteiger partial charge in [-0.05, 0) is 82.5 Å². The number of hydrogen-bond acceptors (Lipinski definition) is 11. The van der Waals surface area contributed by atoms with Gasteiger partial charge < -0.3 is 36.2 Å². The molecule has 0 heterocycles. The average Bonchev–Trinajstić information content (AvgIpc) is 2.91. The molecule has 0 atom stereocenters. The number of hydroxylamine groups is 6. The Morgan fingerprint density at radius 1 is 0.675 bits per heavy atom. The van der Waals surface area contributed by atoms with Gasteiger partial charge in [-0.25, -0.2) is 10.1 Å². The molecule has 40 heavy (non-hydrogen) atoms. The fourth-order valence-corrected chi connectivity index (χ4v) is 3.34. The Morgan fingerprint density at radius 3 is 1.48 bits per heavy atom. The molecule has 0 spiro atoms. The van der Waals surface area contributed by atoms with Crippen LogP contribution in [0.1, 0.15) is 90.4 Å². The van der Waals surface area contributed by atoms with Gasteiger partial charge in [0, 0.05) is 52.5 Å². The molecule has 0 saturated heterocycles. The van der Waals surface area contributed by atoms with E-state index in [-0.39, 0.29) is 78.2 Å². The van der Waals surface area contributed by atoms with Crippen LogP contribution in [0.4, 0.5) is 0 Å². The summed E-state index contributed by atoms with van der Waals surface area (Å²) in [5.41, 5.74) is 5.39. The van der Waals surface area contributed by atoms with Crippen LogP contribution in [-0.4, -0.2) is 114 Å². The molecule has 0 aliphatic heterocycles. The molecule has 0 fully saturated rings. The number of aliphatic imine (C=N–C) groups is 2. The molecule has 226 valence electrons. The van der Waals surface area contributed by atoms with Crippen molar-refractivity contribution in [2.24, 2.45) is 15.7 Å². The summed E-state index contributed by atoms with van der Waals surface area (Å²) in [4.78, 5) is 42.3. The first-order valence-corrected chi connectivity index (χ1v) is 13.6. The summed E-state index contributed by atoms with van der Waals surface area (Å²) in [6.07, 6.45) is 5.22. The van der Waals surface area contributed by atoms with Crippen molar-refractivity contribution in [3.05, 3.63) is 5.21 Å². The van der Waals surface area contributed by atoms with Crippen LogP contribution >= 0.6 is 0 Å². The van der Waals surface area contributed by atoms with Crippen molar-refractivity contribution in [3.8, 4) is 0 Å². The second-order valence-corrected chi connectivity index (χ2v) is 9.18. The van der Waals surface area contributed by atoms with Gasteiger partial charge in [-0.1, -0.05) is 6.42 Å². The van der Waals surface area contributed by atoms with Crippen LogP contribution in [0.15, 0.2) is 9.98 Å². The first-order chi connectivity index (χ1) is 18.6. The molecule has 0 aliphatic carbocycles. The maximum absolute atomic E-state index is 12.0. The topological polar surface area (TPSA) is 221 Å². The quantitative estimate of drug-likeness (QED) is 0.0344. The van der Waals surface area contributed by atoms with Crippen molar-refractivity contribution >= 4 is 49.3 Å². The van der Waals surface area contributed by atoms with Crippen molar-refractivity contribution in [2.75, 3.05) is 39.3 Å². The molecule has 0 bridgehead atoms. The molecule has 0 rings (SSSR count). The Balaban J connectivity index is 0. The molecule has 0 aromatic rings. The monoisotopic (exact) mass is 626 g/mol. The summed E-state index contributed by atoms with van der Waals surface area (Å²) in [7, 11) is 0. The molecular formula is C25H45GaN6O8. The maximum atomic E-state index is 12.0. The van der Waals surface area contributed by atoms with E-state index in [2.05, 4.69) is 9.98 Å². The van der Waals surface area contributed by atoms with Crippen LogP contribution in [0.2, 0.25) is 0 Å². The molecule has 0 saturated carbocycles. The molecule has 0 unspecified atom stereocenters. The SMILES string of the molecule is CC(=O)N([O-])CCCCCN=C([O-])CCC(=O)N(O)CCCCCN=C([O-])CCC(=O)N(O)CCCCCN.[Ga+3]. The number of rotatable bonds is 23. The van der Waals surface area contributed by atoms with Gasteiger partial charge in [0.15, 0.2) is 0 Å². The second kappa shape index (κ2) is 25.8. The predicted octanol–water partition coefficient (Wildman–Crippen LogP) is -0.0649. The Morgan fingerprint density at radius 2 is 1.07 bits per heavy atom. The zero-order chi connectivity index (χ0) is 29.5. The van der Waals surface area contributed by atoms with Crippen LogP contribution in [0.3, 0.4) is 0 Å². The number of unbranched alkanes of at least 4 members (excludes halogenated alkanes) is 6. The molecule has 0 aromatic carbocycles. The van der Waals surface area contributed by atoms with Crippen LogP contribution in [0, 0.1) is 5.21 Å². The normalized spacial score (nSPS) is 11.6. The minimum Gasteiger partial charge on any atom is -0.862 e. The number of carbonyl (C=O) groups is 3. The summed E-state index contributed by atoms with van der Waals surface area (Å²) < 4.78 is 0. The summed E-state index contributed by atoms with van der Waals surface area (Å²) in [5, 5.41) is 55.8. The Labute approximate surface area is 249 Å². The summed E-state index contributed by atoms with van der Waals surface area (Å²) in [6.45, 7) is 2.69. The van der Waals surface area contributed by atoms with Crippen molar-refractivity contribution in [2.45, 2.75) is 90.4 Å².